The first-order chi connectivity index (χ1) is 10.3. The number of thiazole rings is 1. The van der Waals surface area contributed by atoms with Crippen LogP contribution in [0.4, 0.5) is 5.13 Å². The third-order valence-electron chi connectivity index (χ3n) is 3.48. The predicted octanol–water partition coefficient (Wildman–Crippen LogP) is 3.36. The van der Waals surface area contributed by atoms with Gasteiger partial charge in [0.1, 0.15) is 0 Å². The monoisotopic (exact) mass is 293 g/mol. The minimum atomic E-state index is -0.155. The van der Waals surface area contributed by atoms with Gasteiger partial charge in [-0.3, -0.25) is 15.1 Å². The maximum Gasteiger partial charge on any atom is 0.257 e. The van der Waals surface area contributed by atoms with Gasteiger partial charge < -0.3 is 0 Å². The molecule has 1 amide bonds. The Kier molecular flexibility index (Phi) is 2.79. The molecule has 0 saturated carbocycles. The van der Waals surface area contributed by atoms with E-state index in [9.17, 15) is 4.79 Å². The van der Waals surface area contributed by atoms with Crippen molar-refractivity contribution in [3.63, 3.8) is 0 Å². The number of nitrogens with zero attached hydrogens (tertiary/aromatic N) is 2. The van der Waals surface area contributed by atoms with E-state index in [0.29, 0.717) is 10.7 Å². The Morgan fingerprint density at radius 3 is 2.81 bits per heavy atom. The second-order valence-corrected chi connectivity index (χ2v) is 5.90. The van der Waals surface area contributed by atoms with Crippen LogP contribution in [0.15, 0.2) is 48.8 Å². The van der Waals surface area contributed by atoms with E-state index in [1.54, 1.807) is 35.9 Å². The van der Waals surface area contributed by atoms with Crippen LogP contribution in [0.1, 0.15) is 20.8 Å². The van der Waals surface area contributed by atoms with Crippen molar-refractivity contribution in [2.24, 2.45) is 0 Å². The molecule has 1 aromatic carbocycles. The fourth-order valence-electron chi connectivity index (χ4n) is 2.49. The van der Waals surface area contributed by atoms with Gasteiger partial charge in [0, 0.05) is 34.8 Å². The van der Waals surface area contributed by atoms with E-state index in [-0.39, 0.29) is 5.91 Å². The maximum atomic E-state index is 12.1. The third-order valence-corrected chi connectivity index (χ3v) is 4.45. The number of amides is 1. The summed E-state index contributed by atoms with van der Waals surface area (Å²) in [6.07, 6.45) is 4.11. The molecule has 4 rings (SSSR count). The van der Waals surface area contributed by atoms with Crippen LogP contribution < -0.4 is 5.32 Å². The van der Waals surface area contributed by atoms with Crippen LogP contribution in [0.3, 0.4) is 0 Å². The summed E-state index contributed by atoms with van der Waals surface area (Å²) < 4.78 is 0. The molecular formula is C16H11N3OS. The highest BCUT2D eigenvalue weighted by molar-refractivity contribution is 7.16. The molecular weight excluding hydrogens is 282 g/mol. The van der Waals surface area contributed by atoms with Crippen LogP contribution >= 0.6 is 11.3 Å². The second kappa shape index (κ2) is 4.79. The lowest BCUT2D eigenvalue weighted by atomic mass is 10.1. The molecule has 1 aliphatic rings. The molecule has 5 heteroatoms. The normalized spacial score (nSPS) is 11.8. The number of carbonyl (C=O) groups is 1. The zero-order valence-corrected chi connectivity index (χ0v) is 11.9. The summed E-state index contributed by atoms with van der Waals surface area (Å²) in [6.45, 7) is 0. The fraction of sp³-hybridized carbons (Fsp3) is 0.0625. The fourth-order valence-corrected chi connectivity index (χ4v) is 3.48. The molecule has 0 atom stereocenters. The quantitative estimate of drug-likeness (QED) is 0.616. The van der Waals surface area contributed by atoms with Crippen molar-refractivity contribution >= 4 is 22.4 Å². The van der Waals surface area contributed by atoms with Crippen LogP contribution in [0.5, 0.6) is 0 Å². The number of pyridine rings is 1. The van der Waals surface area contributed by atoms with Gasteiger partial charge in [-0.2, -0.15) is 0 Å². The van der Waals surface area contributed by atoms with Crippen LogP contribution in [0, 0.1) is 0 Å². The summed E-state index contributed by atoms with van der Waals surface area (Å²) in [6, 6.07) is 11.6. The highest BCUT2D eigenvalue weighted by atomic mass is 32.1. The summed E-state index contributed by atoms with van der Waals surface area (Å²) in [5, 5.41) is 3.51. The van der Waals surface area contributed by atoms with Gasteiger partial charge in [0.2, 0.25) is 0 Å². The molecule has 1 aliphatic carbocycles. The molecule has 0 fully saturated rings. The third kappa shape index (κ3) is 2.11. The predicted molar refractivity (Wildman–Crippen MR) is 82.5 cm³/mol. The van der Waals surface area contributed by atoms with Crippen molar-refractivity contribution in [2.45, 2.75) is 6.42 Å². The summed E-state index contributed by atoms with van der Waals surface area (Å²) in [5.74, 6) is -0.155. The minimum Gasteiger partial charge on any atom is -0.298 e. The van der Waals surface area contributed by atoms with E-state index in [1.807, 2.05) is 12.1 Å². The average molecular weight is 293 g/mol. The Hall–Kier alpha value is -2.53. The van der Waals surface area contributed by atoms with Crippen LogP contribution in [-0.4, -0.2) is 15.9 Å². The largest absolute Gasteiger partial charge is 0.298 e. The number of carbonyl (C=O) groups excluding carboxylic acids is 1. The molecule has 102 valence electrons. The maximum absolute atomic E-state index is 12.1. The highest BCUT2D eigenvalue weighted by Crippen LogP contribution is 2.40. The summed E-state index contributed by atoms with van der Waals surface area (Å²) in [7, 11) is 0. The SMILES string of the molecule is O=C(Nc1nc2c(s1)Cc1ccccc1-2)c1ccncc1. The van der Waals surface area contributed by atoms with Gasteiger partial charge in [-0.25, -0.2) is 4.98 Å². The molecule has 0 saturated heterocycles. The van der Waals surface area contributed by atoms with E-state index < -0.39 is 0 Å². The Bertz CT molecular complexity index is 827. The van der Waals surface area contributed by atoms with Crippen LogP contribution in [0.25, 0.3) is 11.3 Å². The molecule has 3 aromatic rings. The first-order valence-electron chi connectivity index (χ1n) is 6.60. The number of benzene rings is 1. The molecule has 1 N–H and O–H groups in total. The number of hydrogen-bond acceptors (Lipinski definition) is 4. The van der Waals surface area contributed by atoms with Crippen molar-refractivity contribution in [3.8, 4) is 11.3 Å². The minimum absolute atomic E-state index is 0.155. The number of fused-ring (bicyclic) bond motifs is 3. The van der Waals surface area contributed by atoms with Gasteiger partial charge in [0.25, 0.3) is 5.91 Å². The summed E-state index contributed by atoms with van der Waals surface area (Å²) >= 11 is 1.54. The lowest BCUT2D eigenvalue weighted by Crippen LogP contribution is -2.11. The van der Waals surface area contributed by atoms with E-state index in [1.165, 1.54) is 16.0 Å². The van der Waals surface area contributed by atoms with Crippen molar-refractivity contribution < 1.29 is 4.79 Å². The molecule has 0 aliphatic heterocycles. The Morgan fingerprint density at radius 2 is 1.95 bits per heavy atom. The van der Waals surface area contributed by atoms with Gasteiger partial charge in [-0.05, 0) is 17.7 Å². The molecule has 0 radical (unpaired) electrons. The molecule has 0 bridgehead atoms. The Labute approximate surface area is 125 Å². The highest BCUT2D eigenvalue weighted by Gasteiger charge is 2.23. The van der Waals surface area contributed by atoms with Crippen molar-refractivity contribution in [3.05, 3.63) is 64.8 Å². The number of aromatic nitrogens is 2. The zero-order chi connectivity index (χ0) is 14.2. The molecule has 2 heterocycles. The zero-order valence-electron chi connectivity index (χ0n) is 11.0. The van der Waals surface area contributed by atoms with E-state index >= 15 is 0 Å². The first-order valence-corrected chi connectivity index (χ1v) is 7.42. The van der Waals surface area contributed by atoms with Crippen LogP contribution in [-0.2, 0) is 6.42 Å². The van der Waals surface area contributed by atoms with Gasteiger partial charge >= 0.3 is 0 Å². The summed E-state index contributed by atoms with van der Waals surface area (Å²) in [5.41, 5.74) is 4.06. The number of rotatable bonds is 2. The smallest absolute Gasteiger partial charge is 0.257 e. The van der Waals surface area contributed by atoms with Crippen molar-refractivity contribution in [1.82, 2.24) is 9.97 Å². The molecule has 21 heavy (non-hydrogen) atoms. The van der Waals surface area contributed by atoms with Crippen molar-refractivity contribution in [2.75, 3.05) is 5.32 Å². The number of nitrogens with one attached hydrogen (secondary N) is 1. The summed E-state index contributed by atoms with van der Waals surface area (Å²) in [4.78, 5) is 21.8. The Morgan fingerprint density at radius 1 is 1.14 bits per heavy atom. The molecule has 0 unspecified atom stereocenters. The lowest BCUT2D eigenvalue weighted by molar-refractivity contribution is 0.102. The Balaban J connectivity index is 1.61. The van der Waals surface area contributed by atoms with E-state index in [4.69, 9.17) is 0 Å². The van der Waals surface area contributed by atoms with Gasteiger partial charge in [0.15, 0.2) is 5.13 Å². The van der Waals surface area contributed by atoms with Crippen molar-refractivity contribution in [1.29, 1.82) is 0 Å². The van der Waals surface area contributed by atoms with E-state index in [0.717, 1.165) is 12.1 Å². The van der Waals surface area contributed by atoms with E-state index in [2.05, 4.69) is 27.4 Å². The molecule has 4 nitrogen and oxygen atoms in total. The first kappa shape index (κ1) is 12.2. The second-order valence-electron chi connectivity index (χ2n) is 4.81. The topological polar surface area (TPSA) is 54.9 Å². The number of anilines is 1. The van der Waals surface area contributed by atoms with Gasteiger partial charge in [-0.15, -0.1) is 11.3 Å². The van der Waals surface area contributed by atoms with Gasteiger partial charge in [-0.1, -0.05) is 24.3 Å². The average Bonchev–Trinajstić information content (AvgIpc) is 3.05. The standard InChI is InChI=1S/C16H11N3OS/c20-15(10-5-7-17-8-6-10)19-16-18-14-12-4-2-1-3-11(12)9-13(14)21-16/h1-8H,9H2,(H,18,19,20). The lowest BCUT2D eigenvalue weighted by Gasteiger charge is -2.01. The molecule has 2 aromatic heterocycles. The molecule has 0 spiro atoms. The number of hydrogen-bond donors (Lipinski definition) is 1. The van der Waals surface area contributed by atoms with Crippen LogP contribution in [0.2, 0.25) is 0 Å². The van der Waals surface area contributed by atoms with Gasteiger partial charge in [0.05, 0.1) is 5.69 Å².